The molecule has 1 aliphatic carbocycles. The Bertz CT molecular complexity index is 328. The van der Waals surface area contributed by atoms with E-state index >= 15 is 0 Å². The van der Waals surface area contributed by atoms with Crippen LogP contribution in [0.4, 0.5) is 0 Å². The lowest BCUT2D eigenvalue weighted by Gasteiger charge is -2.09. The van der Waals surface area contributed by atoms with Crippen LogP contribution < -0.4 is 0 Å². The molecule has 0 saturated heterocycles. The van der Waals surface area contributed by atoms with Gasteiger partial charge >= 0.3 is 0 Å². The first-order chi connectivity index (χ1) is 6.27. The summed E-state index contributed by atoms with van der Waals surface area (Å²) in [4.78, 5) is 11.4. The van der Waals surface area contributed by atoms with Gasteiger partial charge in [-0.2, -0.15) is 5.10 Å². The second kappa shape index (κ2) is 3.32. The predicted octanol–water partition coefficient (Wildman–Crippen LogP) is 1.26. The normalized spacial score (nSPS) is 17.8. The van der Waals surface area contributed by atoms with Crippen molar-refractivity contribution in [3.8, 4) is 0 Å². The first-order valence-corrected chi connectivity index (χ1v) is 4.79. The van der Waals surface area contributed by atoms with Crippen LogP contribution >= 0.6 is 0 Å². The van der Waals surface area contributed by atoms with Gasteiger partial charge in [-0.25, -0.2) is 0 Å². The minimum Gasteiger partial charge on any atom is -0.299 e. The van der Waals surface area contributed by atoms with Crippen molar-refractivity contribution in [3.05, 3.63) is 17.5 Å². The van der Waals surface area contributed by atoms with Gasteiger partial charge < -0.3 is 0 Å². The Labute approximate surface area is 77.7 Å². The molecule has 0 radical (unpaired) electrons. The number of rotatable bonds is 0. The maximum atomic E-state index is 11.4. The number of ketones is 1. The number of hydrogen-bond donors (Lipinski definition) is 0. The number of aromatic nitrogens is 2. The van der Waals surface area contributed by atoms with Crippen molar-refractivity contribution in [2.75, 3.05) is 0 Å². The van der Waals surface area contributed by atoms with Crippen LogP contribution in [0.3, 0.4) is 0 Å². The number of carbonyl (C=O) groups excluding carboxylic acids is 1. The van der Waals surface area contributed by atoms with Crippen LogP contribution in [-0.2, 0) is 24.7 Å². The second-order valence-corrected chi connectivity index (χ2v) is 3.66. The van der Waals surface area contributed by atoms with E-state index in [1.165, 1.54) is 5.69 Å². The molecule has 0 unspecified atom stereocenters. The molecule has 1 aromatic rings. The van der Waals surface area contributed by atoms with Gasteiger partial charge in [-0.1, -0.05) is 0 Å². The average molecular weight is 178 g/mol. The van der Waals surface area contributed by atoms with Gasteiger partial charge in [-0.15, -0.1) is 0 Å². The molecule has 0 aromatic carbocycles. The number of hydrogen-bond acceptors (Lipinski definition) is 2. The van der Waals surface area contributed by atoms with E-state index in [0.717, 1.165) is 31.2 Å². The molecule has 0 amide bonds. The molecule has 1 heterocycles. The van der Waals surface area contributed by atoms with E-state index in [9.17, 15) is 4.79 Å². The van der Waals surface area contributed by atoms with Gasteiger partial charge in [0, 0.05) is 31.1 Å². The van der Waals surface area contributed by atoms with Crippen molar-refractivity contribution >= 4 is 5.78 Å². The summed E-state index contributed by atoms with van der Waals surface area (Å²) in [5.41, 5.74) is 2.38. The zero-order valence-electron chi connectivity index (χ0n) is 7.92. The van der Waals surface area contributed by atoms with Crippen molar-refractivity contribution in [1.29, 1.82) is 0 Å². The van der Waals surface area contributed by atoms with E-state index in [1.807, 2.05) is 17.9 Å². The Kier molecular flexibility index (Phi) is 2.17. The Balaban J connectivity index is 2.32. The third-order valence-corrected chi connectivity index (χ3v) is 2.65. The minimum atomic E-state index is 0.356. The van der Waals surface area contributed by atoms with Gasteiger partial charge in [-0.3, -0.25) is 9.48 Å². The molecule has 1 aromatic heterocycles. The SMILES string of the molecule is Cn1ncc2c1CCCCC(=O)C2. The van der Waals surface area contributed by atoms with Crippen LogP contribution in [0, 0.1) is 0 Å². The predicted molar refractivity (Wildman–Crippen MR) is 49.5 cm³/mol. The molecule has 3 nitrogen and oxygen atoms in total. The Morgan fingerprint density at radius 2 is 2.15 bits per heavy atom. The second-order valence-electron chi connectivity index (χ2n) is 3.66. The molecule has 0 fully saturated rings. The quantitative estimate of drug-likeness (QED) is 0.599. The summed E-state index contributed by atoms with van der Waals surface area (Å²) in [5, 5.41) is 4.18. The molecule has 13 heavy (non-hydrogen) atoms. The monoisotopic (exact) mass is 178 g/mol. The molecule has 2 rings (SSSR count). The Hall–Kier alpha value is -1.12. The summed E-state index contributed by atoms with van der Waals surface area (Å²) in [6, 6.07) is 0. The van der Waals surface area contributed by atoms with Gasteiger partial charge in [0.1, 0.15) is 5.78 Å². The van der Waals surface area contributed by atoms with Gasteiger partial charge in [0.05, 0.1) is 6.20 Å². The number of carbonyl (C=O) groups is 1. The Morgan fingerprint density at radius 3 is 3.00 bits per heavy atom. The number of nitrogens with zero attached hydrogens (tertiary/aromatic N) is 2. The molecule has 0 atom stereocenters. The largest absolute Gasteiger partial charge is 0.299 e. The summed E-state index contributed by atoms with van der Waals surface area (Å²) in [5.74, 6) is 0.356. The van der Waals surface area contributed by atoms with Gasteiger partial charge in [0.25, 0.3) is 0 Å². The van der Waals surface area contributed by atoms with Gasteiger partial charge in [0.2, 0.25) is 0 Å². The number of aryl methyl sites for hydroxylation is 1. The fourth-order valence-corrected chi connectivity index (χ4v) is 1.89. The molecular formula is C10H14N2O. The zero-order chi connectivity index (χ0) is 9.26. The first-order valence-electron chi connectivity index (χ1n) is 4.79. The molecule has 3 heteroatoms. The fourth-order valence-electron chi connectivity index (χ4n) is 1.89. The highest BCUT2D eigenvalue weighted by Crippen LogP contribution is 2.17. The molecule has 70 valence electrons. The maximum Gasteiger partial charge on any atom is 0.137 e. The fraction of sp³-hybridized carbons (Fsp3) is 0.600. The molecule has 0 spiro atoms. The van der Waals surface area contributed by atoms with Crippen LogP contribution in [0.15, 0.2) is 6.20 Å². The molecule has 0 bridgehead atoms. The van der Waals surface area contributed by atoms with Crippen molar-refractivity contribution < 1.29 is 4.79 Å². The number of Topliss-reactive ketones (excluding diaryl/α,β-unsaturated/α-hetero) is 1. The highest BCUT2D eigenvalue weighted by molar-refractivity contribution is 5.81. The van der Waals surface area contributed by atoms with Crippen molar-refractivity contribution in [2.45, 2.75) is 32.1 Å². The van der Waals surface area contributed by atoms with Crippen LogP contribution in [0.1, 0.15) is 30.5 Å². The third kappa shape index (κ3) is 1.64. The van der Waals surface area contributed by atoms with E-state index in [2.05, 4.69) is 5.10 Å². The lowest BCUT2D eigenvalue weighted by Crippen LogP contribution is -2.09. The standard InChI is InChI=1S/C10H14N2O/c1-12-10-5-3-2-4-9(13)6-8(10)7-11-12/h7H,2-6H2,1H3. The van der Waals surface area contributed by atoms with E-state index in [1.54, 1.807) is 0 Å². The minimum absolute atomic E-state index is 0.356. The maximum absolute atomic E-state index is 11.4. The third-order valence-electron chi connectivity index (χ3n) is 2.65. The van der Waals surface area contributed by atoms with Crippen LogP contribution in [0.25, 0.3) is 0 Å². The van der Waals surface area contributed by atoms with Crippen LogP contribution in [0.2, 0.25) is 0 Å². The summed E-state index contributed by atoms with van der Waals surface area (Å²) in [6.45, 7) is 0. The highest BCUT2D eigenvalue weighted by Gasteiger charge is 2.14. The summed E-state index contributed by atoms with van der Waals surface area (Å²) in [7, 11) is 1.95. The zero-order valence-corrected chi connectivity index (χ0v) is 7.92. The molecule has 0 N–H and O–H groups in total. The van der Waals surface area contributed by atoms with Crippen LogP contribution in [-0.4, -0.2) is 15.6 Å². The molecule has 0 saturated carbocycles. The van der Waals surface area contributed by atoms with Crippen molar-refractivity contribution in [1.82, 2.24) is 9.78 Å². The van der Waals surface area contributed by atoms with E-state index < -0.39 is 0 Å². The van der Waals surface area contributed by atoms with E-state index in [-0.39, 0.29) is 0 Å². The number of fused-ring (bicyclic) bond motifs is 1. The van der Waals surface area contributed by atoms with E-state index in [4.69, 9.17) is 0 Å². The molecule has 0 aliphatic heterocycles. The van der Waals surface area contributed by atoms with Crippen molar-refractivity contribution in [3.63, 3.8) is 0 Å². The van der Waals surface area contributed by atoms with E-state index in [0.29, 0.717) is 12.2 Å². The molecule has 1 aliphatic rings. The lowest BCUT2D eigenvalue weighted by atomic mass is 9.98. The summed E-state index contributed by atoms with van der Waals surface area (Å²) < 4.78 is 1.90. The smallest absolute Gasteiger partial charge is 0.137 e. The topological polar surface area (TPSA) is 34.9 Å². The average Bonchev–Trinajstić information content (AvgIpc) is 2.38. The lowest BCUT2D eigenvalue weighted by molar-refractivity contribution is -0.118. The van der Waals surface area contributed by atoms with Crippen LogP contribution in [0.5, 0.6) is 0 Å². The first kappa shape index (κ1) is 8.48. The Morgan fingerprint density at radius 1 is 1.38 bits per heavy atom. The highest BCUT2D eigenvalue weighted by atomic mass is 16.1. The summed E-state index contributed by atoms with van der Waals surface area (Å²) in [6.07, 6.45) is 6.37. The van der Waals surface area contributed by atoms with Gasteiger partial charge in [-0.05, 0) is 19.3 Å². The van der Waals surface area contributed by atoms with Gasteiger partial charge in [0.15, 0.2) is 0 Å². The molecular weight excluding hydrogens is 164 g/mol. The van der Waals surface area contributed by atoms with Crippen molar-refractivity contribution in [2.24, 2.45) is 7.05 Å². The summed E-state index contributed by atoms with van der Waals surface area (Å²) >= 11 is 0.